The number of methoxy groups -OCH3 is 1. The third kappa shape index (κ3) is 4.23. The molecule has 0 aromatic heterocycles. The summed E-state index contributed by atoms with van der Waals surface area (Å²) in [6.45, 7) is 2.52. The molecule has 0 aliphatic rings. The summed E-state index contributed by atoms with van der Waals surface area (Å²) >= 11 is 3.49. The molecular weight excluding hydrogens is 332 g/mol. The third-order valence-corrected chi connectivity index (χ3v) is 3.31. The third-order valence-electron chi connectivity index (χ3n) is 2.72. The van der Waals surface area contributed by atoms with E-state index in [1.54, 1.807) is 13.3 Å². The van der Waals surface area contributed by atoms with Gasteiger partial charge in [0.05, 0.1) is 30.1 Å². The molecule has 0 aliphatic carbocycles. The first-order chi connectivity index (χ1) is 10.2. The lowest BCUT2D eigenvalue weighted by Gasteiger charge is -2.12. The Morgan fingerprint density at radius 2 is 2.00 bits per heavy atom. The van der Waals surface area contributed by atoms with Gasteiger partial charge in [-0.25, -0.2) is 0 Å². The number of ether oxygens (including phenoxy) is 2. The summed E-state index contributed by atoms with van der Waals surface area (Å²) in [5.41, 5.74) is 4.82. The Kier molecular flexibility index (Phi) is 5.63. The van der Waals surface area contributed by atoms with Crippen LogP contribution in [-0.4, -0.2) is 19.9 Å². The van der Waals surface area contributed by atoms with E-state index in [1.807, 2.05) is 49.4 Å². The molecule has 0 atom stereocenters. The van der Waals surface area contributed by atoms with Gasteiger partial charge in [-0.3, -0.25) is 5.43 Å². The van der Waals surface area contributed by atoms with Crippen LogP contribution < -0.4 is 14.9 Å². The van der Waals surface area contributed by atoms with Crippen LogP contribution in [0.15, 0.2) is 52.0 Å². The Morgan fingerprint density at radius 3 is 2.67 bits per heavy atom. The average molecular weight is 349 g/mol. The van der Waals surface area contributed by atoms with Gasteiger partial charge >= 0.3 is 0 Å². The summed E-state index contributed by atoms with van der Waals surface area (Å²) < 4.78 is 11.7. The van der Waals surface area contributed by atoms with Gasteiger partial charge in [0.15, 0.2) is 11.5 Å². The van der Waals surface area contributed by atoms with E-state index >= 15 is 0 Å². The van der Waals surface area contributed by atoms with Crippen LogP contribution in [0.4, 0.5) is 5.69 Å². The molecule has 110 valence electrons. The van der Waals surface area contributed by atoms with E-state index in [-0.39, 0.29) is 0 Å². The van der Waals surface area contributed by atoms with E-state index in [1.165, 1.54) is 0 Å². The molecule has 2 aromatic rings. The molecule has 0 saturated carbocycles. The van der Waals surface area contributed by atoms with Crippen molar-refractivity contribution in [1.82, 2.24) is 0 Å². The number of rotatable bonds is 6. The first-order valence-electron chi connectivity index (χ1n) is 6.59. The van der Waals surface area contributed by atoms with Crippen molar-refractivity contribution in [3.63, 3.8) is 0 Å². The Bertz CT molecular complexity index is 615. The summed E-state index contributed by atoms with van der Waals surface area (Å²) in [5, 5.41) is 4.21. The van der Waals surface area contributed by atoms with Crippen LogP contribution in [0.5, 0.6) is 11.5 Å². The first-order valence-corrected chi connectivity index (χ1v) is 7.38. The van der Waals surface area contributed by atoms with Crippen molar-refractivity contribution in [1.29, 1.82) is 0 Å². The average Bonchev–Trinajstić information content (AvgIpc) is 2.51. The van der Waals surface area contributed by atoms with E-state index in [4.69, 9.17) is 9.47 Å². The highest BCUT2D eigenvalue weighted by molar-refractivity contribution is 9.10. The van der Waals surface area contributed by atoms with E-state index in [2.05, 4.69) is 26.5 Å². The van der Waals surface area contributed by atoms with Crippen LogP contribution in [0.2, 0.25) is 0 Å². The summed E-state index contributed by atoms with van der Waals surface area (Å²) in [7, 11) is 1.62. The lowest BCUT2D eigenvalue weighted by molar-refractivity contribution is 0.309. The maximum absolute atomic E-state index is 5.56. The molecule has 0 radical (unpaired) electrons. The summed E-state index contributed by atoms with van der Waals surface area (Å²) in [4.78, 5) is 0. The minimum Gasteiger partial charge on any atom is -0.493 e. The van der Waals surface area contributed by atoms with Crippen LogP contribution in [0.1, 0.15) is 12.5 Å². The second-order valence-corrected chi connectivity index (χ2v) is 5.06. The lowest BCUT2D eigenvalue weighted by Crippen LogP contribution is -1.98. The van der Waals surface area contributed by atoms with Gasteiger partial charge in [0.1, 0.15) is 0 Å². The normalized spacial score (nSPS) is 10.6. The smallest absolute Gasteiger partial charge is 0.175 e. The number of para-hydroxylation sites is 1. The first kappa shape index (κ1) is 15.4. The second kappa shape index (κ2) is 7.69. The SMILES string of the molecule is CCOc1c(Br)cc(/C=N/Nc2ccccc2)cc1OC. The second-order valence-electron chi connectivity index (χ2n) is 4.20. The molecular formula is C16H17BrN2O2. The van der Waals surface area contributed by atoms with Gasteiger partial charge in [-0.2, -0.15) is 5.10 Å². The molecule has 0 spiro atoms. The molecule has 21 heavy (non-hydrogen) atoms. The monoisotopic (exact) mass is 348 g/mol. The molecule has 0 unspecified atom stereocenters. The van der Waals surface area contributed by atoms with Crippen LogP contribution >= 0.6 is 15.9 Å². The molecule has 0 fully saturated rings. The number of hydrogen-bond acceptors (Lipinski definition) is 4. The summed E-state index contributed by atoms with van der Waals surface area (Å²) in [6.07, 6.45) is 1.73. The topological polar surface area (TPSA) is 42.8 Å². The van der Waals surface area contributed by atoms with Crippen molar-refractivity contribution >= 4 is 27.8 Å². The lowest BCUT2D eigenvalue weighted by atomic mass is 10.2. The van der Waals surface area contributed by atoms with Gasteiger partial charge in [0, 0.05) is 0 Å². The summed E-state index contributed by atoms with van der Waals surface area (Å²) in [5.74, 6) is 1.38. The molecule has 0 heterocycles. The molecule has 0 aliphatic heterocycles. The number of anilines is 1. The Morgan fingerprint density at radius 1 is 1.24 bits per heavy atom. The standard InChI is InChI=1S/C16H17BrN2O2/c1-3-21-16-14(17)9-12(10-15(16)20-2)11-18-19-13-7-5-4-6-8-13/h4-11,19H,3H2,1-2H3/b18-11+. The minimum atomic E-state index is 0.581. The zero-order chi connectivity index (χ0) is 15.1. The van der Waals surface area contributed by atoms with E-state index in [0.717, 1.165) is 15.7 Å². The van der Waals surface area contributed by atoms with Crippen LogP contribution in [0, 0.1) is 0 Å². The highest BCUT2D eigenvalue weighted by Crippen LogP contribution is 2.36. The predicted molar refractivity (Wildman–Crippen MR) is 89.5 cm³/mol. The number of hydrogen-bond donors (Lipinski definition) is 1. The fourth-order valence-electron chi connectivity index (χ4n) is 1.79. The predicted octanol–water partition coefficient (Wildman–Crippen LogP) is 4.30. The van der Waals surface area contributed by atoms with Gasteiger partial charge in [-0.05, 0) is 52.7 Å². The van der Waals surface area contributed by atoms with E-state index in [9.17, 15) is 0 Å². The zero-order valence-corrected chi connectivity index (χ0v) is 13.6. The number of benzene rings is 2. The maximum atomic E-state index is 5.56. The fraction of sp³-hybridized carbons (Fsp3) is 0.188. The molecule has 0 bridgehead atoms. The largest absolute Gasteiger partial charge is 0.493 e. The van der Waals surface area contributed by atoms with Gasteiger partial charge in [-0.15, -0.1) is 0 Å². The van der Waals surface area contributed by atoms with Crippen molar-refractivity contribution in [3.05, 3.63) is 52.5 Å². The van der Waals surface area contributed by atoms with Gasteiger partial charge in [0.2, 0.25) is 0 Å². The van der Waals surface area contributed by atoms with Crippen molar-refractivity contribution in [3.8, 4) is 11.5 Å². The molecule has 0 amide bonds. The highest BCUT2D eigenvalue weighted by Gasteiger charge is 2.10. The highest BCUT2D eigenvalue weighted by atomic mass is 79.9. The number of nitrogens with zero attached hydrogens (tertiary/aromatic N) is 1. The zero-order valence-electron chi connectivity index (χ0n) is 12.0. The molecule has 2 rings (SSSR count). The van der Waals surface area contributed by atoms with Crippen molar-refractivity contribution < 1.29 is 9.47 Å². The van der Waals surface area contributed by atoms with Gasteiger partial charge in [-0.1, -0.05) is 18.2 Å². The number of nitrogens with one attached hydrogen (secondary N) is 1. The molecule has 1 N–H and O–H groups in total. The Labute approximate surface area is 132 Å². The molecule has 5 heteroatoms. The Hall–Kier alpha value is -2.01. The van der Waals surface area contributed by atoms with Crippen LogP contribution in [-0.2, 0) is 0 Å². The van der Waals surface area contributed by atoms with Crippen molar-refractivity contribution in [2.75, 3.05) is 19.1 Å². The quantitative estimate of drug-likeness (QED) is 0.625. The van der Waals surface area contributed by atoms with Crippen molar-refractivity contribution in [2.45, 2.75) is 6.92 Å². The number of hydrazone groups is 1. The number of halogens is 1. The van der Waals surface area contributed by atoms with E-state index < -0.39 is 0 Å². The van der Waals surface area contributed by atoms with Crippen LogP contribution in [0.3, 0.4) is 0 Å². The van der Waals surface area contributed by atoms with Crippen molar-refractivity contribution in [2.24, 2.45) is 5.10 Å². The molecule has 0 saturated heterocycles. The van der Waals surface area contributed by atoms with Gasteiger partial charge < -0.3 is 9.47 Å². The Balaban J connectivity index is 2.15. The van der Waals surface area contributed by atoms with Crippen LogP contribution in [0.25, 0.3) is 0 Å². The molecule has 2 aromatic carbocycles. The minimum absolute atomic E-state index is 0.581. The van der Waals surface area contributed by atoms with Gasteiger partial charge in [0.25, 0.3) is 0 Å². The fourth-order valence-corrected chi connectivity index (χ4v) is 2.37. The van der Waals surface area contributed by atoms with E-state index in [0.29, 0.717) is 18.1 Å². The molecule has 4 nitrogen and oxygen atoms in total. The maximum Gasteiger partial charge on any atom is 0.175 e. The summed E-state index contributed by atoms with van der Waals surface area (Å²) in [6, 6.07) is 13.6.